The van der Waals surface area contributed by atoms with Crippen molar-refractivity contribution in [3.05, 3.63) is 23.8 Å². The van der Waals surface area contributed by atoms with E-state index in [4.69, 9.17) is 9.47 Å². The molecule has 1 unspecified atom stereocenters. The van der Waals surface area contributed by atoms with Crippen LogP contribution >= 0.6 is 0 Å². The van der Waals surface area contributed by atoms with Gasteiger partial charge in [-0.15, -0.1) is 0 Å². The number of hydrogen-bond donors (Lipinski definition) is 2. The van der Waals surface area contributed by atoms with Crippen LogP contribution in [0.15, 0.2) is 23.2 Å². The van der Waals surface area contributed by atoms with Crippen LogP contribution in [0.4, 0.5) is 8.78 Å². The molecule has 0 amide bonds. The zero-order chi connectivity index (χ0) is 21.9. The van der Waals surface area contributed by atoms with Crippen molar-refractivity contribution < 1.29 is 23.0 Å². The molecule has 1 aromatic rings. The van der Waals surface area contributed by atoms with E-state index in [0.717, 1.165) is 32.8 Å². The Morgan fingerprint density at radius 2 is 1.97 bits per heavy atom. The molecule has 1 aliphatic heterocycles. The first-order chi connectivity index (χ1) is 14.4. The monoisotopic (exact) mass is 428 g/mol. The highest BCUT2D eigenvalue weighted by Crippen LogP contribution is 2.27. The molecule has 170 valence electrons. The van der Waals surface area contributed by atoms with Crippen molar-refractivity contribution in [1.29, 1.82) is 0 Å². The van der Waals surface area contributed by atoms with Crippen LogP contribution in [-0.4, -0.2) is 70.0 Å². The van der Waals surface area contributed by atoms with Gasteiger partial charge in [-0.1, -0.05) is 13.8 Å². The molecule has 1 heterocycles. The van der Waals surface area contributed by atoms with Crippen LogP contribution < -0.4 is 20.1 Å². The first-order valence-corrected chi connectivity index (χ1v) is 10.4. The Balaban J connectivity index is 2.07. The number of guanidine groups is 1. The lowest BCUT2D eigenvalue weighted by atomic mass is 10.0. The van der Waals surface area contributed by atoms with E-state index in [1.165, 1.54) is 13.2 Å². The Morgan fingerprint density at radius 1 is 1.23 bits per heavy atom. The van der Waals surface area contributed by atoms with Gasteiger partial charge >= 0.3 is 6.61 Å². The largest absolute Gasteiger partial charge is 0.497 e. The van der Waals surface area contributed by atoms with Gasteiger partial charge in [0.15, 0.2) is 5.96 Å². The predicted molar refractivity (Wildman–Crippen MR) is 113 cm³/mol. The minimum absolute atomic E-state index is 0.0670. The third-order valence-corrected chi connectivity index (χ3v) is 5.01. The van der Waals surface area contributed by atoms with Crippen LogP contribution in [0.1, 0.15) is 26.3 Å². The normalized spacial score (nSPS) is 16.6. The molecule has 2 rings (SSSR count). The van der Waals surface area contributed by atoms with Crippen molar-refractivity contribution >= 4 is 5.96 Å². The minimum atomic E-state index is -2.91. The second-order valence-electron chi connectivity index (χ2n) is 7.39. The van der Waals surface area contributed by atoms with Gasteiger partial charge in [0, 0.05) is 43.9 Å². The average Bonchev–Trinajstić information content (AvgIpc) is 2.72. The zero-order valence-electron chi connectivity index (χ0n) is 18.3. The van der Waals surface area contributed by atoms with Crippen LogP contribution in [-0.2, 0) is 11.3 Å². The summed E-state index contributed by atoms with van der Waals surface area (Å²) in [6, 6.07) is 5.19. The first kappa shape index (κ1) is 24.1. The van der Waals surface area contributed by atoms with Crippen LogP contribution in [0.2, 0.25) is 0 Å². The van der Waals surface area contributed by atoms with Crippen molar-refractivity contribution in [2.75, 3.05) is 46.5 Å². The lowest BCUT2D eigenvalue weighted by Crippen LogP contribution is -2.52. The van der Waals surface area contributed by atoms with Crippen molar-refractivity contribution in [1.82, 2.24) is 15.5 Å². The van der Waals surface area contributed by atoms with E-state index in [1.807, 2.05) is 6.92 Å². The van der Waals surface area contributed by atoms with E-state index in [1.54, 1.807) is 12.1 Å². The third kappa shape index (κ3) is 7.60. The summed E-state index contributed by atoms with van der Waals surface area (Å²) in [6.07, 6.45) is 0. The second kappa shape index (κ2) is 12.5. The number of aliphatic imine (C=N–C) groups is 1. The van der Waals surface area contributed by atoms with Crippen LogP contribution in [0.5, 0.6) is 11.5 Å². The molecule has 0 aliphatic carbocycles. The van der Waals surface area contributed by atoms with E-state index in [0.29, 0.717) is 35.8 Å². The maximum atomic E-state index is 12.8. The highest BCUT2D eigenvalue weighted by atomic mass is 19.3. The lowest BCUT2D eigenvalue weighted by molar-refractivity contribution is -0.0505. The van der Waals surface area contributed by atoms with E-state index in [-0.39, 0.29) is 12.3 Å². The third-order valence-electron chi connectivity index (χ3n) is 5.01. The summed E-state index contributed by atoms with van der Waals surface area (Å²) >= 11 is 0. The fourth-order valence-electron chi connectivity index (χ4n) is 3.40. The van der Waals surface area contributed by atoms with Gasteiger partial charge in [-0.2, -0.15) is 8.78 Å². The van der Waals surface area contributed by atoms with Crippen LogP contribution in [0, 0.1) is 5.92 Å². The zero-order valence-corrected chi connectivity index (χ0v) is 18.3. The molecule has 0 bridgehead atoms. The SMILES string of the molecule is CCNC(=NCc1ccc(OC)cc1OC(F)F)NCC(C(C)C)N1CCOCC1. The number of benzene rings is 1. The highest BCUT2D eigenvalue weighted by molar-refractivity contribution is 5.79. The van der Waals surface area contributed by atoms with Gasteiger partial charge in [0.05, 0.1) is 26.9 Å². The number of rotatable bonds is 10. The van der Waals surface area contributed by atoms with E-state index in [9.17, 15) is 8.78 Å². The topological polar surface area (TPSA) is 67.4 Å². The van der Waals surface area contributed by atoms with E-state index < -0.39 is 6.61 Å². The van der Waals surface area contributed by atoms with Gasteiger partial charge < -0.3 is 24.8 Å². The van der Waals surface area contributed by atoms with Gasteiger partial charge in [0.1, 0.15) is 11.5 Å². The minimum Gasteiger partial charge on any atom is -0.497 e. The summed E-state index contributed by atoms with van der Waals surface area (Å²) in [6.45, 7) is 8.44. The van der Waals surface area contributed by atoms with Gasteiger partial charge in [0.2, 0.25) is 0 Å². The maximum absolute atomic E-state index is 12.8. The molecule has 7 nitrogen and oxygen atoms in total. The van der Waals surface area contributed by atoms with E-state index in [2.05, 4.69) is 39.1 Å². The van der Waals surface area contributed by atoms with Crippen molar-refractivity contribution in [3.63, 3.8) is 0 Å². The molecule has 0 aromatic heterocycles. The summed E-state index contributed by atoms with van der Waals surface area (Å²) in [5.41, 5.74) is 0.557. The molecule has 0 radical (unpaired) electrons. The van der Waals surface area contributed by atoms with Crippen LogP contribution in [0.25, 0.3) is 0 Å². The molecule has 9 heteroatoms. The Hall–Kier alpha value is -2.13. The highest BCUT2D eigenvalue weighted by Gasteiger charge is 2.24. The molecule has 30 heavy (non-hydrogen) atoms. The smallest absolute Gasteiger partial charge is 0.387 e. The summed E-state index contributed by atoms with van der Waals surface area (Å²) < 4.78 is 40.8. The number of alkyl halides is 2. The fourth-order valence-corrected chi connectivity index (χ4v) is 3.40. The molecule has 1 atom stereocenters. The molecule has 1 aliphatic rings. The Labute approximate surface area is 177 Å². The van der Waals surface area contributed by atoms with Gasteiger partial charge in [-0.25, -0.2) is 4.99 Å². The molecule has 1 saturated heterocycles. The van der Waals surface area contributed by atoms with Gasteiger partial charge in [-0.05, 0) is 25.0 Å². The van der Waals surface area contributed by atoms with Gasteiger partial charge in [0.25, 0.3) is 0 Å². The molecule has 1 fully saturated rings. The quantitative estimate of drug-likeness (QED) is 0.441. The Kier molecular flexibility index (Phi) is 10.1. The molecule has 1 aromatic carbocycles. The number of methoxy groups -OCH3 is 1. The number of hydrogen-bond acceptors (Lipinski definition) is 5. The summed E-state index contributed by atoms with van der Waals surface area (Å²) in [5.74, 6) is 1.62. The average molecular weight is 429 g/mol. The van der Waals surface area contributed by atoms with Crippen LogP contribution in [0.3, 0.4) is 0 Å². The maximum Gasteiger partial charge on any atom is 0.387 e. The van der Waals surface area contributed by atoms with Gasteiger partial charge in [-0.3, -0.25) is 4.90 Å². The first-order valence-electron chi connectivity index (χ1n) is 10.4. The van der Waals surface area contributed by atoms with Crippen molar-refractivity contribution in [2.45, 2.75) is 40.0 Å². The molecule has 0 saturated carbocycles. The van der Waals surface area contributed by atoms with E-state index >= 15 is 0 Å². The Morgan fingerprint density at radius 3 is 2.57 bits per heavy atom. The number of nitrogens with one attached hydrogen (secondary N) is 2. The number of halogens is 2. The molecule has 0 spiro atoms. The van der Waals surface area contributed by atoms with Crippen molar-refractivity contribution in [2.24, 2.45) is 10.9 Å². The fraction of sp³-hybridized carbons (Fsp3) is 0.667. The summed E-state index contributed by atoms with van der Waals surface area (Å²) in [4.78, 5) is 7.00. The van der Waals surface area contributed by atoms with Crippen molar-refractivity contribution in [3.8, 4) is 11.5 Å². The molecular formula is C21H34F2N4O3. The standard InChI is InChI=1S/C21H34F2N4O3/c1-5-24-21(26-14-18(15(2)3)27-8-10-29-11-9-27)25-13-16-6-7-17(28-4)12-19(16)30-20(22)23/h6-7,12,15,18,20H,5,8-11,13-14H2,1-4H3,(H2,24,25,26). The summed E-state index contributed by atoms with van der Waals surface area (Å²) in [7, 11) is 1.48. The number of nitrogens with zero attached hydrogens (tertiary/aromatic N) is 2. The lowest BCUT2D eigenvalue weighted by Gasteiger charge is -2.37. The number of ether oxygens (including phenoxy) is 3. The summed E-state index contributed by atoms with van der Waals surface area (Å²) in [5, 5.41) is 6.61. The number of morpholine rings is 1. The Bertz CT molecular complexity index is 668. The molecule has 2 N–H and O–H groups in total. The molecular weight excluding hydrogens is 394 g/mol. The second-order valence-corrected chi connectivity index (χ2v) is 7.39. The predicted octanol–water partition coefficient (Wildman–Crippen LogP) is 2.71.